The van der Waals surface area contributed by atoms with Crippen molar-refractivity contribution < 1.29 is 4.74 Å². The molecule has 4 aromatic rings. The molecule has 0 bridgehead atoms. The van der Waals surface area contributed by atoms with Crippen molar-refractivity contribution in [2.75, 3.05) is 0 Å². The van der Waals surface area contributed by atoms with Gasteiger partial charge in [0.25, 0.3) is 11.1 Å². The Bertz CT molecular complexity index is 1570. The van der Waals surface area contributed by atoms with Gasteiger partial charge < -0.3 is 4.74 Å². The molecule has 5 rings (SSSR count). The van der Waals surface area contributed by atoms with Gasteiger partial charge in [-0.1, -0.05) is 41.4 Å². The highest BCUT2D eigenvalue weighted by Crippen LogP contribution is 2.38. The molecule has 172 valence electrons. The third-order valence-electron chi connectivity index (χ3n) is 5.59. The smallest absolute Gasteiger partial charge is 0.349 e. The second-order valence-electron chi connectivity index (χ2n) is 7.83. The Morgan fingerprint density at radius 3 is 2.41 bits per heavy atom. The topological polar surface area (TPSA) is 123 Å². The summed E-state index contributed by atoms with van der Waals surface area (Å²) < 4.78 is 6.74. The molecule has 0 saturated heterocycles. The Kier molecular flexibility index (Phi) is 5.80. The lowest BCUT2D eigenvalue weighted by atomic mass is 9.89. The molecular formula is C23H17Cl2N5O4. The van der Waals surface area contributed by atoms with Crippen molar-refractivity contribution in [3.63, 3.8) is 0 Å². The minimum absolute atomic E-state index is 0.0748. The van der Waals surface area contributed by atoms with Gasteiger partial charge in [0.05, 0.1) is 21.3 Å². The molecule has 0 spiro atoms. The van der Waals surface area contributed by atoms with E-state index in [0.717, 1.165) is 35.7 Å². The maximum Gasteiger partial charge on any atom is 0.349 e. The van der Waals surface area contributed by atoms with E-state index in [9.17, 15) is 14.4 Å². The molecule has 9 nitrogen and oxygen atoms in total. The number of nitrogens with one attached hydrogen (secondary N) is 2. The van der Waals surface area contributed by atoms with E-state index in [1.165, 1.54) is 35.7 Å². The van der Waals surface area contributed by atoms with Gasteiger partial charge in [-0.25, -0.2) is 9.89 Å². The minimum atomic E-state index is -0.745. The molecule has 0 fully saturated rings. The van der Waals surface area contributed by atoms with Crippen LogP contribution in [0.15, 0.2) is 57.0 Å². The van der Waals surface area contributed by atoms with Crippen molar-refractivity contribution >= 4 is 23.2 Å². The minimum Gasteiger partial charge on any atom is -0.434 e. The summed E-state index contributed by atoms with van der Waals surface area (Å²) in [5, 5.41) is 10.3. The van der Waals surface area contributed by atoms with E-state index in [2.05, 4.69) is 26.3 Å². The molecular weight excluding hydrogens is 481 g/mol. The van der Waals surface area contributed by atoms with Crippen LogP contribution < -0.4 is 21.5 Å². The van der Waals surface area contributed by atoms with Gasteiger partial charge in [0.1, 0.15) is 6.20 Å². The normalized spacial score (nSPS) is 12.9. The first-order valence-corrected chi connectivity index (χ1v) is 11.2. The summed E-state index contributed by atoms with van der Waals surface area (Å²) in [5.74, 6) is 0.170. The summed E-state index contributed by atoms with van der Waals surface area (Å²) in [7, 11) is 0. The van der Waals surface area contributed by atoms with Crippen LogP contribution in [-0.4, -0.2) is 25.0 Å². The van der Waals surface area contributed by atoms with Crippen molar-refractivity contribution in [2.24, 2.45) is 0 Å². The van der Waals surface area contributed by atoms with E-state index in [1.807, 2.05) is 12.1 Å². The lowest BCUT2D eigenvalue weighted by Gasteiger charge is -2.16. The van der Waals surface area contributed by atoms with E-state index in [-0.39, 0.29) is 32.9 Å². The zero-order valence-electron chi connectivity index (χ0n) is 17.6. The summed E-state index contributed by atoms with van der Waals surface area (Å²) >= 11 is 12.7. The number of hydrogen-bond donors (Lipinski definition) is 2. The third-order valence-corrected chi connectivity index (χ3v) is 6.15. The second kappa shape index (κ2) is 8.92. The predicted molar refractivity (Wildman–Crippen MR) is 127 cm³/mol. The van der Waals surface area contributed by atoms with E-state index >= 15 is 0 Å². The molecule has 2 heterocycles. The number of ether oxygens (including phenoxy) is 1. The molecule has 2 aromatic heterocycles. The van der Waals surface area contributed by atoms with Gasteiger partial charge in [-0.05, 0) is 54.5 Å². The van der Waals surface area contributed by atoms with Gasteiger partial charge in [-0.15, -0.1) is 5.10 Å². The van der Waals surface area contributed by atoms with Crippen LogP contribution in [0.3, 0.4) is 0 Å². The Balaban J connectivity index is 1.49. The van der Waals surface area contributed by atoms with Crippen LogP contribution >= 0.6 is 23.2 Å². The van der Waals surface area contributed by atoms with Gasteiger partial charge in [-0.3, -0.25) is 14.6 Å². The number of nitrogens with zero attached hydrogens (tertiary/aromatic N) is 3. The van der Waals surface area contributed by atoms with Crippen LogP contribution in [0.4, 0.5) is 0 Å². The molecule has 1 aliphatic carbocycles. The van der Waals surface area contributed by atoms with Crippen LogP contribution in [0.25, 0.3) is 16.8 Å². The molecule has 0 unspecified atom stereocenters. The van der Waals surface area contributed by atoms with Gasteiger partial charge in [0.2, 0.25) is 5.88 Å². The molecule has 2 aromatic carbocycles. The van der Waals surface area contributed by atoms with Gasteiger partial charge in [-0.2, -0.15) is 9.78 Å². The molecule has 2 N–H and O–H groups in total. The van der Waals surface area contributed by atoms with Gasteiger partial charge in [0.15, 0.2) is 5.75 Å². The molecule has 11 heteroatoms. The molecule has 1 aliphatic rings. The van der Waals surface area contributed by atoms with Crippen LogP contribution in [0, 0.1) is 0 Å². The maximum atomic E-state index is 12.5. The molecule has 0 radical (unpaired) electrons. The SMILES string of the molecule is O=c1cnn(-c2cc(Cl)c(Oc3cc(-c4ccc5c(c4)CCCC5)c(=O)[nH]n3)c(Cl)c2)c(=O)[nH]1. The van der Waals surface area contributed by atoms with Crippen LogP contribution in [-0.2, 0) is 12.8 Å². The van der Waals surface area contributed by atoms with Crippen molar-refractivity contribution in [2.45, 2.75) is 25.7 Å². The van der Waals surface area contributed by atoms with Gasteiger partial charge in [0, 0.05) is 6.07 Å². The van der Waals surface area contributed by atoms with Gasteiger partial charge >= 0.3 is 5.69 Å². The van der Waals surface area contributed by atoms with Crippen molar-refractivity contribution in [1.29, 1.82) is 0 Å². The Morgan fingerprint density at radius 1 is 0.941 bits per heavy atom. The molecule has 0 atom stereocenters. The van der Waals surface area contributed by atoms with E-state index < -0.39 is 11.2 Å². The number of hydrogen-bond acceptors (Lipinski definition) is 6. The second-order valence-corrected chi connectivity index (χ2v) is 8.65. The number of aromatic nitrogens is 5. The summed E-state index contributed by atoms with van der Waals surface area (Å²) in [6.45, 7) is 0. The summed E-state index contributed by atoms with van der Waals surface area (Å²) in [5.41, 5.74) is 2.24. The highest BCUT2D eigenvalue weighted by Gasteiger charge is 2.17. The highest BCUT2D eigenvalue weighted by atomic mass is 35.5. The summed E-state index contributed by atoms with van der Waals surface area (Å²) in [4.78, 5) is 37.9. The first kappa shape index (κ1) is 22.1. The van der Waals surface area contributed by atoms with Crippen LogP contribution in [0.1, 0.15) is 24.0 Å². The fraction of sp³-hybridized carbons (Fsp3) is 0.174. The monoisotopic (exact) mass is 497 g/mol. The number of aryl methyl sites for hydroxylation is 2. The standard InChI is InChI=1S/C23H17Cl2N5O4/c24-17-8-15(30-23(33)27-19(31)11-26-30)9-18(25)21(17)34-20-10-16(22(32)29-28-20)14-6-5-12-3-1-2-4-13(12)7-14/h5-11H,1-4H2,(H,29,32)(H,27,31,33). The summed E-state index contributed by atoms with van der Waals surface area (Å²) in [6, 6.07) is 10.4. The fourth-order valence-electron chi connectivity index (χ4n) is 3.96. The van der Waals surface area contributed by atoms with Crippen LogP contribution in [0.2, 0.25) is 10.0 Å². The Morgan fingerprint density at radius 2 is 1.68 bits per heavy atom. The predicted octanol–water partition coefficient (Wildman–Crippen LogP) is 3.65. The Hall–Kier alpha value is -3.69. The number of halogens is 2. The first-order valence-electron chi connectivity index (χ1n) is 10.5. The lowest BCUT2D eigenvalue weighted by Crippen LogP contribution is -2.30. The molecule has 0 amide bonds. The van der Waals surface area contributed by atoms with Crippen molar-refractivity contribution in [3.05, 3.63) is 95.0 Å². The zero-order chi connectivity index (χ0) is 23.8. The van der Waals surface area contributed by atoms with E-state index in [0.29, 0.717) is 5.56 Å². The average molecular weight is 498 g/mol. The largest absolute Gasteiger partial charge is 0.434 e. The zero-order valence-corrected chi connectivity index (χ0v) is 19.1. The van der Waals surface area contributed by atoms with Crippen LogP contribution in [0.5, 0.6) is 11.6 Å². The van der Waals surface area contributed by atoms with Crippen molar-refractivity contribution in [3.8, 4) is 28.4 Å². The first-order chi connectivity index (χ1) is 16.4. The Labute approximate surface area is 202 Å². The highest BCUT2D eigenvalue weighted by molar-refractivity contribution is 6.37. The summed E-state index contributed by atoms with van der Waals surface area (Å²) in [6.07, 6.45) is 5.30. The fourth-order valence-corrected chi connectivity index (χ4v) is 4.52. The number of aromatic amines is 2. The van der Waals surface area contributed by atoms with E-state index in [4.69, 9.17) is 27.9 Å². The molecule has 0 saturated carbocycles. The molecule has 34 heavy (non-hydrogen) atoms. The number of fused-ring (bicyclic) bond motifs is 1. The number of benzene rings is 2. The average Bonchev–Trinajstić information content (AvgIpc) is 2.82. The number of rotatable bonds is 4. The quantitative estimate of drug-likeness (QED) is 0.443. The lowest BCUT2D eigenvalue weighted by molar-refractivity contribution is 0.455. The molecule has 0 aliphatic heterocycles. The van der Waals surface area contributed by atoms with E-state index in [1.54, 1.807) is 0 Å². The third kappa shape index (κ3) is 4.27. The number of H-pyrrole nitrogens is 2. The van der Waals surface area contributed by atoms with Crippen molar-refractivity contribution in [1.82, 2.24) is 25.0 Å². The maximum absolute atomic E-state index is 12.5.